The number of allylic oxidation sites excluding steroid dienone is 2. The highest BCUT2D eigenvalue weighted by Crippen LogP contribution is 2.41. The van der Waals surface area contributed by atoms with Crippen molar-refractivity contribution in [3.8, 4) is 0 Å². The van der Waals surface area contributed by atoms with E-state index >= 15 is 0 Å². The number of ether oxygens (including phenoxy) is 2. The fourth-order valence-corrected chi connectivity index (χ4v) is 5.92. The maximum Gasteiger partial charge on any atom is 0.355 e. The van der Waals surface area contributed by atoms with Gasteiger partial charge in [0.1, 0.15) is 29.4 Å². The van der Waals surface area contributed by atoms with Gasteiger partial charge in [-0.15, -0.1) is 23.1 Å². The lowest BCUT2D eigenvalue weighted by atomic mass is 10.0. The van der Waals surface area contributed by atoms with Crippen molar-refractivity contribution in [2.45, 2.75) is 32.2 Å². The molecule has 0 aliphatic carbocycles. The summed E-state index contributed by atoms with van der Waals surface area (Å²) in [7, 11) is 0. The molecule has 1 fully saturated rings. The number of carbonyl (C=O) groups excluding carboxylic acids is 4. The van der Waals surface area contributed by atoms with Crippen LogP contribution in [0.4, 0.5) is 5.13 Å². The Hall–Kier alpha value is -4.50. The molecule has 226 valence electrons. The molecule has 1 saturated heterocycles. The van der Waals surface area contributed by atoms with Crippen molar-refractivity contribution in [3.05, 3.63) is 70.2 Å². The van der Waals surface area contributed by atoms with E-state index in [0.29, 0.717) is 11.3 Å². The SMILES string of the molecule is C/C=C(\COC(=O)C1=C(/C=C\c2cccnc2)CS[C@@H]2[C@H](NC(=O)C(=NO)c3csc(N)n3)C(=O)N12)C(=O)OCC(C)C. The van der Waals surface area contributed by atoms with E-state index < -0.39 is 40.9 Å². The molecule has 4 N–H and O–H groups in total. The standard InChI is InChI=1S/C28H30N6O7S2/c1-4-17(26(37)40-11-15(2)3)12-41-27(38)22-18(8-7-16-6-5-9-30-10-16)13-42-25-21(24(36)34(22)25)32-23(35)20(33-39)19-14-43-28(29)31-19/h4-10,14-15,21,25,39H,11-13H2,1-3H3,(H2,29,31)(H,32,35)/b8-7-,17-4+,33-20?/t21-,25-/m1/s1. The Morgan fingerprint density at radius 2 is 2.09 bits per heavy atom. The summed E-state index contributed by atoms with van der Waals surface area (Å²) in [6.45, 7) is 5.29. The maximum absolute atomic E-state index is 13.5. The third-order valence-electron chi connectivity index (χ3n) is 6.24. The van der Waals surface area contributed by atoms with Crippen LogP contribution in [0.3, 0.4) is 0 Å². The average Bonchev–Trinajstić information content (AvgIpc) is 3.43. The molecule has 0 radical (unpaired) electrons. The molecule has 0 aromatic carbocycles. The number of nitrogen functional groups attached to an aromatic ring is 1. The van der Waals surface area contributed by atoms with Crippen molar-refractivity contribution >= 4 is 63.8 Å². The molecule has 0 saturated carbocycles. The minimum Gasteiger partial charge on any atom is -0.462 e. The summed E-state index contributed by atoms with van der Waals surface area (Å²) in [5.41, 5.74) is 6.71. The van der Waals surface area contributed by atoms with Gasteiger partial charge < -0.3 is 25.7 Å². The van der Waals surface area contributed by atoms with Crippen LogP contribution in [0.5, 0.6) is 0 Å². The number of aromatic nitrogens is 2. The predicted molar refractivity (Wildman–Crippen MR) is 161 cm³/mol. The van der Waals surface area contributed by atoms with E-state index in [4.69, 9.17) is 15.2 Å². The van der Waals surface area contributed by atoms with Crippen molar-refractivity contribution in [1.82, 2.24) is 20.2 Å². The lowest BCUT2D eigenvalue weighted by Gasteiger charge is -2.49. The molecular weight excluding hydrogens is 596 g/mol. The Kier molecular flexibility index (Phi) is 10.3. The molecule has 4 heterocycles. The number of β-lactam (4-membered cyclic amide) rings is 1. The van der Waals surface area contributed by atoms with Gasteiger partial charge in [-0.3, -0.25) is 19.5 Å². The van der Waals surface area contributed by atoms with E-state index in [1.807, 2.05) is 19.9 Å². The molecule has 2 aliphatic rings. The molecule has 2 aliphatic heterocycles. The summed E-state index contributed by atoms with van der Waals surface area (Å²) in [5.74, 6) is -2.38. The van der Waals surface area contributed by atoms with Crippen LogP contribution in [-0.4, -0.2) is 79.9 Å². The number of nitrogens with one attached hydrogen (secondary N) is 1. The van der Waals surface area contributed by atoms with Gasteiger partial charge in [0.15, 0.2) is 10.8 Å². The molecule has 13 nitrogen and oxygen atoms in total. The van der Waals surface area contributed by atoms with Gasteiger partial charge in [-0.1, -0.05) is 43.3 Å². The van der Waals surface area contributed by atoms with Crippen LogP contribution in [-0.2, 0) is 28.7 Å². The van der Waals surface area contributed by atoms with E-state index in [-0.39, 0.29) is 41.2 Å². The highest BCUT2D eigenvalue weighted by Gasteiger charge is 2.54. The normalized spacial score (nSPS) is 18.9. The van der Waals surface area contributed by atoms with Crippen molar-refractivity contribution in [3.63, 3.8) is 0 Å². The largest absolute Gasteiger partial charge is 0.462 e. The van der Waals surface area contributed by atoms with Gasteiger partial charge in [-0.25, -0.2) is 14.6 Å². The number of nitrogens with zero attached hydrogens (tertiary/aromatic N) is 4. The molecule has 2 atom stereocenters. The summed E-state index contributed by atoms with van der Waals surface area (Å²) in [6, 6.07) is 2.58. The Morgan fingerprint density at radius 3 is 2.72 bits per heavy atom. The van der Waals surface area contributed by atoms with Crippen molar-refractivity contribution in [2.24, 2.45) is 11.1 Å². The number of fused-ring (bicyclic) bond motifs is 1. The molecule has 2 aromatic rings. The van der Waals surface area contributed by atoms with Crippen LogP contribution < -0.4 is 11.1 Å². The third kappa shape index (κ3) is 7.29. The van der Waals surface area contributed by atoms with Gasteiger partial charge in [0.25, 0.3) is 11.8 Å². The van der Waals surface area contributed by atoms with Gasteiger partial charge in [0.05, 0.1) is 12.2 Å². The number of thioether (sulfide) groups is 1. The topological polar surface area (TPSA) is 186 Å². The van der Waals surface area contributed by atoms with Crippen LogP contribution >= 0.6 is 23.1 Å². The quantitative estimate of drug-likeness (QED) is 0.0830. The van der Waals surface area contributed by atoms with Crippen molar-refractivity contribution in [2.75, 3.05) is 24.7 Å². The molecule has 15 heteroatoms. The average molecular weight is 627 g/mol. The van der Waals surface area contributed by atoms with Crippen LogP contribution in [0.1, 0.15) is 32.0 Å². The molecule has 0 spiro atoms. The van der Waals surface area contributed by atoms with Gasteiger partial charge in [0.2, 0.25) is 0 Å². The lowest BCUT2D eigenvalue weighted by molar-refractivity contribution is -0.152. The molecule has 43 heavy (non-hydrogen) atoms. The van der Waals surface area contributed by atoms with E-state index in [9.17, 15) is 24.4 Å². The van der Waals surface area contributed by atoms with Crippen LogP contribution in [0.25, 0.3) is 6.08 Å². The number of hydrogen-bond donors (Lipinski definition) is 3. The lowest BCUT2D eigenvalue weighted by Crippen LogP contribution is -2.71. The number of carbonyl (C=O) groups is 4. The second-order valence-corrected chi connectivity index (χ2v) is 11.8. The highest BCUT2D eigenvalue weighted by molar-refractivity contribution is 8.00. The Balaban J connectivity index is 1.54. The second-order valence-electron chi connectivity index (χ2n) is 9.76. The summed E-state index contributed by atoms with van der Waals surface area (Å²) >= 11 is 2.39. The number of nitrogens with two attached hydrogens (primary N) is 1. The zero-order valence-electron chi connectivity index (χ0n) is 23.6. The third-order valence-corrected chi connectivity index (χ3v) is 8.21. The van der Waals surface area contributed by atoms with E-state index in [0.717, 1.165) is 16.9 Å². The van der Waals surface area contributed by atoms with Crippen LogP contribution in [0, 0.1) is 5.92 Å². The van der Waals surface area contributed by atoms with E-state index in [1.165, 1.54) is 28.1 Å². The Bertz CT molecular complexity index is 1520. The number of hydrogen-bond acceptors (Lipinski definition) is 13. The minimum absolute atomic E-state index is 0.00582. The number of esters is 2. The molecule has 0 bridgehead atoms. The molecule has 2 amide bonds. The first kappa shape index (κ1) is 31.4. The number of oxime groups is 1. The minimum atomic E-state index is -1.02. The van der Waals surface area contributed by atoms with Crippen LogP contribution in [0.2, 0.25) is 0 Å². The van der Waals surface area contributed by atoms with Gasteiger partial charge in [0, 0.05) is 23.5 Å². The van der Waals surface area contributed by atoms with Crippen molar-refractivity contribution < 1.29 is 33.9 Å². The summed E-state index contributed by atoms with van der Waals surface area (Å²) in [4.78, 5) is 61.4. The summed E-state index contributed by atoms with van der Waals surface area (Å²) in [6.07, 6.45) is 8.24. The fourth-order valence-electron chi connectivity index (χ4n) is 4.06. The van der Waals surface area contributed by atoms with Gasteiger partial charge in [-0.05, 0) is 30.0 Å². The number of amides is 2. The Labute approximate surface area is 255 Å². The first-order valence-electron chi connectivity index (χ1n) is 13.1. The number of anilines is 1. The van der Waals surface area contributed by atoms with E-state index in [2.05, 4.69) is 20.4 Å². The molecule has 0 unspecified atom stereocenters. The van der Waals surface area contributed by atoms with Crippen molar-refractivity contribution in [1.29, 1.82) is 0 Å². The highest BCUT2D eigenvalue weighted by atomic mass is 32.2. The monoisotopic (exact) mass is 626 g/mol. The molecular formula is C28H30N6O7S2. The molecule has 4 rings (SSSR count). The predicted octanol–water partition coefficient (Wildman–Crippen LogP) is 2.35. The smallest absolute Gasteiger partial charge is 0.355 e. The molecule has 2 aromatic heterocycles. The first-order valence-corrected chi connectivity index (χ1v) is 15.1. The zero-order chi connectivity index (χ0) is 31.1. The fraction of sp³-hybridized carbons (Fsp3) is 0.321. The summed E-state index contributed by atoms with van der Waals surface area (Å²) < 4.78 is 10.8. The Morgan fingerprint density at radius 1 is 1.30 bits per heavy atom. The van der Waals surface area contributed by atoms with E-state index in [1.54, 1.807) is 37.5 Å². The zero-order valence-corrected chi connectivity index (χ0v) is 25.2. The first-order chi connectivity index (χ1) is 20.6. The summed E-state index contributed by atoms with van der Waals surface area (Å²) in [5, 5.41) is 16.0. The number of pyridine rings is 1. The number of rotatable bonds is 11. The second kappa shape index (κ2) is 14.1. The number of thiazole rings is 1. The van der Waals surface area contributed by atoms with Gasteiger partial charge >= 0.3 is 11.9 Å². The van der Waals surface area contributed by atoms with Gasteiger partial charge in [-0.2, -0.15) is 0 Å². The maximum atomic E-state index is 13.5. The van der Waals surface area contributed by atoms with Crippen LogP contribution in [0.15, 0.2) is 64.1 Å².